The number of rotatable bonds is 15. The molecule has 3 aliphatic heterocycles. The highest BCUT2D eigenvalue weighted by Crippen LogP contribution is 2.49. The Kier molecular flexibility index (Phi) is 12.1. The molecule has 0 aliphatic carbocycles. The van der Waals surface area contributed by atoms with Crippen LogP contribution in [-0.2, 0) is 41.7 Å². The summed E-state index contributed by atoms with van der Waals surface area (Å²) in [6.07, 6.45) is 3.87. The van der Waals surface area contributed by atoms with Crippen molar-refractivity contribution in [2.75, 3.05) is 35.2 Å². The lowest BCUT2D eigenvalue weighted by molar-refractivity contribution is -0.121. The third kappa shape index (κ3) is 10.5. The molecule has 330 valence electrons. The van der Waals surface area contributed by atoms with Gasteiger partial charge in [0.15, 0.2) is 23.4 Å². The van der Waals surface area contributed by atoms with Gasteiger partial charge in [0.05, 0.1) is 27.5 Å². The van der Waals surface area contributed by atoms with Crippen LogP contribution < -0.4 is 30.2 Å². The molecule has 0 saturated carbocycles. The van der Waals surface area contributed by atoms with Crippen molar-refractivity contribution in [2.24, 2.45) is 4.99 Å². The van der Waals surface area contributed by atoms with Gasteiger partial charge in [-0.2, -0.15) is 16.8 Å². The molecule has 62 heavy (non-hydrogen) atoms. The van der Waals surface area contributed by atoms with Crippen LogP contribution in [0.5, 0.6) is 11.5 Å². The summed E-state index contributed by atoms with van der Waals surface area (Å²) in [5, 5.41) is 19.1. The van der Waals surface area contributed by atoms with E-state index in [0.29, 0.717) is 70.7 Å². The van der Waals surface area contributed by atoms with Crippen molar-refractivity contribution in [2.45, 2.75) is 76.9 Å². The summed E-state index contributed by atoms with van der Waals surface area (Å²) >= 11 is 0. The van der Waals surface area contributed by atoms with Gasteiger partial charge in [0.1, 0.15) is 23.3 Å². The van der Waals surface area contributed by atoms with Crippen molar-refractivity contribution in [1.29, 1.82) is 0 Å². The first kappa shape index (κ1) is 44.8. The minimum absolute atomic E-state index is 0.0128. The number of hydrogen-bond acceptors (Lipinski definition) is 15. The van der Waals surface area contributed by atoms with E-state index in [0.717, 1.165) is 11.1 Å². The summed E-state index contributed by atoms with van der Waals surface area (Å²) in [6.45, 7) is 8.32. The number of carbonyl (C=O) groups excluding carboxylic acids is 1. The van der Waals surface area contributed by atoms with Crippen molar-refractivity contribution in [3.8, 4) is 22.9 Å². The average Bonchev–Trinajstić information content (AvgIpc) is 3.16. The first-order valence-corrected chi connectivity index (χ1v) is 24.5. The highest BCUT2D eigenvalue weighted by atomic mass is 32.2. The van der Waals surface area contributed by atoms with Crippen molar-refractivity contribution in [3.63, 3.8) is 0 Å². The summed E-state index contributed by atoms with van der Waals surface area (Å²) in [5.74, 6) is -1.67. The molecule has 0 radical (unpaired) electrons. The maximum atomic E-state index is 13.0. The maximum absolute atomic E-state index is 13.0. The van der Waals surface area contributed by atoms with Gasteiger partial charge < -0.3 is 19.5 Å². The Labute approximate surface area is 358 Å². The standard InChI is InChI=1S/C40H46N8O11S3/c1-39(2)19-27(22-61(53,54)55)29-15-31-35(17-33(29)47(39)12-5-7-37(49)41-21-25-8-10-26(11-9-25)38-45-42-24-43-46-38)59-36-18-34-30(16-32(36)44-31)28(23-62(56,57)58)20-40(3,4)48(34)13-6-14-60(50,51)52/h8-11,15-18,20,24,27H,5-7,12-14,19,21-23H2,1-4H3,(H3-,41,49,50,51,52,53,54,55,56,57,58). The number of nitrogens with one attached hydrogen (secondary N) is 1. The lowest BCUT2D eigenvalue weighted by atomic mass is 9.79. The van der Waals surface area contributed by atoms with Crippen LogP contribution in [0.25, 0.3) is 17.0 Å². The monoisotopic (exact) mass is 910 g/mol. The van der Waals surface area contributed by atoms with E-state index in [1.165, 1.54) is 6.33 Å². The van der Waals surface area contributed by atoms with E-state index in [1.54, 1.807) is 44.2 Å². The zero-order chi connectivity index (χ0) is 44.8. The minimum Gasteiger partial charge on any atom is -0.748 e. The van der Waals surface area contributed by atoms with Gasteiger partial charge in [-0.05, 0) is 61.6 Å². The molecular formula is C40H46N8O11S3. The molecule has 3 aromatic carbocycles. The van der Waals surface area contributed by atoms with E-state index in [-0.39, 0.29) is 36.6 Å². The molecule has 7 rings (SSSR count). The van der Waals surface area contributed by atoms with Crippen LogP contribution >= 0.6 is 0 Å². The number of ether oxygens (including phenoxy) is 1. The molecule has 1 aromatic heterocycles. The van der Waals surface area contributed by atoms with E-state index < -0.39 is 64.6 Å². The Morgan fingerprint density at radius 3 is 2.32 bits per heavy atom. The SMILES string of the molecule is CC1(C)CC(CS(=O)(=O)O)c2cc3c(cc2N1CCCC(=O)NCc1ccc(-c2nncnn2)cc1)Oc1cc2c(cc1=N3)C(CS(=O)(=O)O)=CC(C)(C)[N+]=2CCCS(=O)(=O)[O-]. The molecule has 0 fully saturated rings. The summed E-state index contributed by atoms with van der Waals surface area (Å²) in [6, 6.07) is 14.1. The number of aromatic nitrogens is 4. The van der Waals surface area contributed by atoms with E-state index >= 15 is 0 Å². The van der Waals surface area contributed by atoms with Gasteiger partial charge in [-0.3, -0.25) is 13.9 Å². The lowest BCUT2D eigenvalue weighted by Crippen LogP contribution is -2.50. The van der Waals surface area contributed by atoms with Crippen LogP contribution in [-0.4, -0.2) is 107 Å². The quantitative estimate of drug-likeness (QED) is 0.101. The van der Waals surface area contributed by atoms with Crippen molar-refractivity contribution in [1.82, 2.24) is 30.3 Å². The van der Waals surface area contributed by atoms with Gasteiger partial charge in [-0.1, -0.05) is 24.3 Å². The second-order valence-corrected chi connectivity index (χ2v) is 21.3. The van der Waals surface area contributed by atoms with Gasteiger partial charge in [-0.15, -0.1) is 20.4 Å². The van der Waals surface area contributed by atoms with Crippen LogP contribution in [0.2, 0.25) is 0 Å². The number of carbonyl (C=O) groups is 1. The fourth-order valence-electron chi connectivity index (χ4n) is 8.53. The number of amides is 1. The molecule has 0 spiro atoms. The Morgan fingerprint density at radius 1 is 0.952 bits per heavy atom. The van der Waals surface area contributed by atoms with Crippen LogP contribution in [0.3, 0.4) is 0 Å². The summed E-state index contributed by atoms with van der Waals surface area (Å²) in [4.78, 5) is 20.0. The molecule has 3 aliphatic rings. The maximum Gasteiger partial charge on any atom is 0.269 e. The number of hydrogen-bond donors (Lipinski definition) is 3. The first-order chi connectivity index (χ1) is 28.9. The molecule has 0 saturated heterocycles. The van der Waals surface area contributed by atoms with Gasteiger partial charge in [0.25, 0.3) is 20.2 Å². The molecule has 1 unspecified atom stereocenters. The molecule has 4 aromatic rings. The topological polar surface area (TPSA) is 274 Å². The van der Waals surface area contributed by atoms with Crippen LogP contribution in [0.15, 0.2) is 65.9 Å². The minimum atomic E-state index is -4.51. The Balaban J connectivity index is 1.18. The van der Waals surface area contributed by atoms with Gasteiger partial charge in [0.2, 0.25) is 17.1 Å². The summed E-state index contributed by atoms with van der Waals surface area (Å²) < 4.78 is 112. The van der Waals surface area contributed by atoms with Crippen LogP contribution in [0, 0.1) is 0 Å². The molecule has 1 atom stereocenters. The predicted molar refractivity (Wildman–Crippen MR) is 226 cm³/mol. The normalized spacial score (nSPS) is 17.7. The second-order valence-electron chi connectivity index (χ2n) is 16.8. The van der Waals surface area contributed by atoms with Crippen molar-refractivity contribution >= 4 is 53.2 Å². The molecule has 19 nitrogen and oxygen atoms in total. The Hall–Kier alpha value is -5.26. The summed E-state index contributed by atoms with van der Waals surface area (Å²) in [5.41, 5.74) is 2.34. The van der Waals surface area contributed by atoms with Gasteiger partial charge >= 0.3 is 0 Å². The third-order valence-electron chi connectivity index (χ3n) is 11.1. The fraction of sp³-hybridized carbons (Fsp3) is 0.425. The predicted octanol–water partition coefficient (Wildman–Crippen LogP) is 2.54. The molecule has 0 bridgehead atoms. The number of benzene rings is 3. The highest BCUT2D eigenvalue weighted by Gasteiger charge is 2.41. The number of anilines is 1. The van der Waals surface area contributed by atoms with Crippen LogP contribution in [0.4, 0.5) is 11.4 Å². The van der Waals surface area contributed by atoms with E-state index in [4.69, 9.17) is 9.73 Å². The molecule has 1 amide bonds. The molecule has 3 N–H and O–H groups in total. The number of fused-ring (bicyclic) bond motifs is 4. The second kappa shape index (κ2) is 16.8. The van der Waals surface area contributed by atoms with E-state index in [2.05, 4.69) is 30.6 Å². The number of nitrogens with zero attached hydrogens (tertiary/aromatic N) is 7. The van der Waals surface area contributed by atoms with E-state index in [1.807, 2.05) is 42.7 Å². The lowest BCUT2D eigenvalue weighted by Gasteiger charge is -2.48. The summed E-state index contributed by atoms with van der Waals surface area (Å²) in [7, 11) is -13.4. The van der Waals surface area contributed by atoms with Crippen LogP contribution in [0.1, 0.15) is 76.0 Å². The van der Waals surface area contributed by atoms with Crippen molar-refractivity contribution in [3.05, 3.63) is 88.3 Å². The Morgan fingerprint density at radius 2 is 1.66 bits per heavy atom. The Bertz CT molecular complexity index is 2930. The first-order valence-electron chi connectivity index (χ1n) is 19.7. The average molecular weight is 911 g/mol. The zero-order valence-corrected chi connectivity index (χ0v) is 36.8. The third-order valence-corrected chi connectivity index (χ3v) is 13.4. The van der Waals surface area contributed by atoms with Gasteiger partial charge in [-0.25, -0.2) is 18.0 Å². The van der Waals surface area contributed by atoms with Crippen molar-refractivity contribution < 1.29 is 48.4 Å². The molecule has 4 heterocycles. The van der Waals surface area contributed by atoms with E-state index in [9.17, 15) is 43.7 Å². The molecular weight excluding hydrogens is 865 g/mol. The zero-order valence-electron chi connectivity index (χ0n) is 34.3. The molecule has 22 heteroatoms. The van der Waals surface area contributed by atoms with Gasteiger partial charge in [0, 0.05) is 74.3 Å². The largest absolute Gasteiger partial charge is 0.748 e. The highest BCUT2D eigenvalue weighted by molar-refractivity contribution is 7.86. The smallest absolute Gasteiger partial charge is 0.269 e. The fourth-order valence-corrected chi connectivity index (χ4v) is 10.4.